The van der Waals surface area contributed by atoms with Gasteiger partial charge in [0.2, 0.25) is 0 Å². The number of rotatable bonds is 3. The third-order valence-electron chi connectivity index (χ3n) is 1.86. The van der Waals surface area contributed by atoms with Crippen molar-refractivity contribution in [3.63, 3.8) is 0 Å². The highest BCUT2D eigenvalue weighted by Gasteiger charge is 2.08. The van der Waals surface area contributed by atoms with Crippen LogP contribution >= 0.6 is 35.6 Å². The van der Waals surface area contributed by atoms with E-state index in [-0.39, 0.29) is 5.78 Å². The first-order valence-corrected chi connectivity index (χ1v) is 6.40. The van der Waals surface area contributed by atoms with Gasteiger partial charge in [0.15, 0.2) is 5.78 Å². The number of hydrogen-bond acceptors (Lipinski definition) is 3. The molecule has 2 nitrogen and oxygen atoms in total. The van der Waals surface area contributed by atoms with Gasteiger partial charge in [0.1, 0.15) is 4.32 Å². The molecular weight excluding hydrogens is 262 g/mol. The Balaban J connectivity index is 2.53. The number of ketones is 1. The molecule has 0 saturated heterocycles. The van der Waals surface area contributed by atoms with Crippen LogP contribution in [0.2, 0.25) is 5.02 Å². The number of thiocarbonyl (C=S) groups is 1. The molecule has 0 atom stereocenters. The Morgan fingerprint density at radius 3 is 2.44 bits per heavy atom. The second-order valence-corrected chi connectivity index (χ2v) is 5.42. The SMILES string of the molecule is CN(C)C(=S)SCC(=O)c1ccc(Cl)cc1. The van der Waals surface area contributed by atoms with Gasteiger partial charge in [-0.3, -0.25) is 4.79 Å². The Bertz CT molecular complexity index is 389. The fourth-order valence-corrected chi connectivity index (χ4v) is 1.96. The maximum Gasteiger partial charge on any atom is 0.173 e. The Kier molecular flexibility index (Phi) is 5.25. The Labute approximate surface area is 110 Å². The van der Waals surface area contributed by atoms with Gasteiger partial charge in [-0.2, -0.15) is 0 Å². The molecule has 1 aromatic rings. The van der Waals surface area contributed by atoms with Crippen molar-refractivity contribution in [3.8, 4) is 0 Å². The summed E-state index contributed by atoms with van der Waals surface area (Å²) in [5.41, 5.74) is 0.665. The zero-order valence-electron chi connectivity index (χ0n) is 9.07. The van der Waals surface area contributed by atoms with E-state index in [1.165, 1.54) is 11.8 Å². The standard InChI is InChI=1S/C11H12ClNOS2/c1-13(2)11(15)16-7-10(14)8-3-5-9(12)6-4-8/h3-6H,7H2,1-2H3. The van der Waals surface area contributed by atoms with Crippen LogP contribution in [0.1, 0.15) is 10.4 Å². The summed E-state index contributed by atoms with van der Waals surface area (Å²) in [6, 6.07) is 6.88. The lowest BCUT2D eigenvalue weighted by Crippen LogP contribution is -2.18. The summed E-state index contributed by atoms with van der Waals surface area (Å²) in [6.45, 7) is 0. The van der Waals surface area contributed by atoms with Crippen LogP contribution in [0.5, 0.6) is 0 Å². The van der Waals surface area contributed by atoms with Gasteiger partial charge >= 0.3 is 0 Å². The molecule has 0 aromatic heterocycles. The summed E-state index contributed by atoms with van der Waals surface area (Å²) in [6.07, 6.45) is 0. The van der Waals surface area contributed by atoms with E-state index in [2.05, 4.69) is 0 Å². The number of carbonyl (C=O) groups excluding carboxylic acids is 1. The second kappa shape index (κ2) is 6.23. The van der Waals surface area contributed by atoms with Gasteiger partial charge in [0, 0.05) is 24.7 Å². The highest BCUT2D eigenvalue weighted by Crippen LogP contribution is 2.13. The fraction of sp³-hybridized carbons (Fsp3) is 0.273. The molecule has 0 aliphatic carbocycles. The van der Waals surface area contributed by atoms with Gasteiger partial charge in [0.05, 0.1) is 5.75 Å². The number of nitrogens with zero attached hydrogens (tertiary/aromatic N) is 1. The summed E-state index contributed by atoms with van der Waals surface area (Å²) in [7, 11) is 3.73. The third-order valence-corrected chi connectivity index (χ3v) is 3.85. The highest BCUT2D eigenvalue weighted by atomic mass is 35.5. The van der Waals surface area contributed by atoms with Gasteiger partial charge in [-0.1, -0.05) is 35.6 Å². The summed E-state index contributed by atoms with van der Waals surface area (Å²) in [4.78, 5) is 13.6. The van der Waals surface area contributed by atoms with Gasteiger partial charge in [-0.15, -0.1) is 0 Å². The van der Waals surface area contributed by atoms with E-state index in [0.717, 1.165) is 0 Å². The van der Waals surface area contributed by atoms with Crippen LogP contribution in [0.4, 0.5) is 0 Å². The minimum Gasteiger partial charge on any atom is -0.364 e. The van der Waals surface area contributed by atoms with Gasteiger partial charge in [-0.05, 0) is 24.3 Å². The van der Waals surface area contributed by atoms with Crippen LogP contribution in [0.25, 0.3) is 0 Å². The van der Waals surface area contributed by atoms with Crippen LogP contribution in [0.15, 0.2) is 24.3 Å². The molecular formula is C11H12ClNOS2. The molecule has 0 heterocycles. The molecule has 0 N–H and O–H groups in total. The Morgan fingerprint density at radius 1 is 1.38 bits per heavy atom. The van der Waals surface area contributed by atoms with E-state index in [9.17, 15) is 4.79 Å². The average Bonchev–Trinajstić information content (AvgIpc) is 2.26. The molecule has 0 fully saturated rings. The first-order chi connectivity index (χ1) is 7.50. The van der Waals surface area contributed by atoms with Crippen LogP contribution in [0.3, 0.4) is 0 Å². The molecule has 0 bridgehead atoms. The Hall–Kier alpha value is -0.580. The zero-order valence-corrected chi connectivity index (χ0v) is 11.5. The summed E-state index contributed by atoms with van der Waals surface area (Å²) < 4.78 is 0.710. The van der Waals surface area contributed by atoms with Crippen molar-refractivity contribution in [1.82, 2.24) is 4.90 Å². The number of benzene rings is 1. The maximum atomic E-state index is 11.7. The molecule has 0 unspecified atom stereocenters. The topological polar surface area (TPSA) is 20.3 Å². The van der Waals surface area contributed by atoms with Crippen molar-refractivity contribution in [2.24, 2.45) is 0 Å². The monoisotopic (exact) mass is 273 g/mol. The lowest BCUT2D eigenvalue weighted by molar-refractivity contribution is 0.102. The van der Waals surface area contributed by atoms with E-state index in [0.29, 0.717) is 20.7 Å². The maximum absolute atomic E-state index is 11.7. The molecule has 86 valence electrons. The van der Waals surface area contributed by atoms with Crippen molar-refractivity contribution < 1.29 is 4.79 Å². The van der Waals surface area contributed by atoms with Crippen molar-refractivity contribution >= 4 is 45.7 Å². The number of hydrogen-bond donors (Lipinski definition) is 0. The van der Waals surface area contributed by atoms with E-state index in [1.54, 1.807) is 24.3 Å². The minimum absolute atomic E-state index is 0.0610. The molecule has 5 heteroatoms. The molecule has 16 heavy (non-hydrogen) atoms. The highest BCUT2D eigenvalue weighted by molar-refractivity contribution is 8.23. The normalized spacial score (nSPS) is 9.94. The van der Waals surface area contributed by atoms with Crippen LogP contribution in [-0.4, -0.2) is 34.9 Å². The molecule has 0 amide bonds. The van der Waals surface area contributed by atoms with E-state index < -0.39 is 0 Å². The molecule has 0 aliphatic rings. The molecule has 1 aromatic carbocycles. The van der Waals surface area contributed by atoms with Gasteiger partial charge in [0.25, 0.3) is 0 Å². The summed E-state index contributed by atoms with van der Waals surface area (Å²) in [5, 5.41) is 0.632. The van der Waals surface area contributed by atoms with E-state index >= 15 is 0 Å². The molecule has 0 aliphatic heterocycles. The van der Waals surface area contributed by atoms with Crippen LogP contribution < -0.4 is 0 Å². The molecule has 0 spiro atoms. The average molecular weight is 274 g/mol. The largest absolute Gasteiger partial charge is 0.364 e. The van der Waals surface area contributed by atoms with Crippen molar-refractivity contribution in [2.75, 3.05) is 19.8 Å². The predicted molar refractivity (Wildman–Crippen MR) is 74.5 cm³/mol. The molecule has 0 saturated carbocycles. The number of carbonyl (C=O) groups is 1. The number of Topliss-reactive ketones (excluding diaryl/α,β-unsaturated/α-hetero) is 1. The van der Waals surface area contributed by atoms with Crippen molar-refractivity contribution in [1.29, 1.82) is 0 Å². The first-order valence-electron chi connectivity index (χ1n) is 4.63. The Morgan fingerprint density at radius 2 is 1.94 bits per heavy atom. The van der Waals surface area contributed by atoms with Crippen molar-refractivity contribution in [3.05, 3.63) is 34.9 Å². The molecule has 1 rings (SSSR count). The smallest absolute Gasteiger partial charge is 0.173 e. The lowest BCUT2D eigenvalue weighted by atomic mass is 10.1. The van der Waals surface area contributed by atoms with Crippen LogP contribution in [0, 0.1) is 0 Å². The van der Waals surface area contributed by atoms with Gasteiger partial charge < -0.3 is 4.90 Å². The lowest BCUT2D eigenvalue weighted by Gasteiger charge is -2.11. The van der Waals surface area contributed by atoms with Crippen molar-refractivity contribution in [2.45, 2.75) is 0 Å². The summed E-state index contributed by atoms with van der Waals surface area (Å²) >= 11 is 12.2. The fourth-order valence-electron chi connectivity index (χ4n) is 0.975. The minimum atomic E-state index is 0.0610. The zero-order chi connectivity index (χ0) is 12.1. The van der Waals surface area contributed by atoms with E-state index in [1.807, 2.05) is 19.0 Å². The first kappa shape index (κ1) is 13.5. The van der Waals surface area contributed by atoms with E-state index in [4.69, 9.17) is 23.8 Å². The van der Waals surface area contributed by atoms with Gasteiger partial charge in [-0.25, -0.2) is 0 Å². The predicted octanol–water partition coefficient (Wildman–Crippen LogP) is 3.10. The quantitative estimate of drug-likeness (QED) is 0.623. The number of thioether (sulfide) groups is 1. The summed E-state index contributed by atoms with van der Waals surface area (Å²) in [5.74, 6) is 0.421. The molecule has 0 radical (unpaired) electrons. The number of halogens is 1. The van der Waals surface area contributed by atoms with Crippen LogP contribution in [-0.2, 0) is 0 Å². The second-order valence-electron chi connectivity index (χ2n) is 3.38. The third kappa shape index (κ3) is 4.12.